The maximum Gasteiger partial charge on any atom is 0.266 e. The van der Waals surface area contributed by atoms with Crippen LogP contribution in [0.2, 0.25) is 0 Å². The Hall–Kier alpha value is -3.32. The minimum Gasteiger partial charge on any atom is -0.467 e. The van der Waals surface area contributed by atoms with Crippen molar-refractivity contribution in [3.05, 3.63) is 88.1 Å². The monoisotopic (exact) mass is 433 g/mol. The molecule has 1 amide bonds. The number of aryl methyl sites for hydroxylation is 2. The third-order valence-corrected chi connectivity index (χ3v) is 6.00. The van der Waals surface area contributed by atoms with Crippen LogP contribution in [0, 0.1) is 13.8 Å². The fraction of sp³-hybridized carbons (Fsp3) is 0.208. The zero-order chi connectivity index (χ0) is 22.0. The Labute approximate surface area is 184 Å². The number of rotatable bonds is 6. The molecule has 0 saturated carbocycles. The molecule has 2 aromatic heterocycles. The smallest absolute Gasteiger partial charge is 0.266 e. The molecule has 31 heavy (non-hydrogen) atoms. The van der Waals surface area contributed by atoms with Crippen LogP contribution in [-0.2, 0) is 11.3 Å². The molecular formula is C24H23N3O3S. The van der Waals surface area contributed by atoms with Crippen molar-refractivity contribution < 1.29 is 9.21 Å². The minimum atomic E-state index is -0.141. The molecule has 7 heteroatoms. The van der Waals surface area contributed by atoms with E-state index in [4.69, 9.17) is 9.40 Å². The Kier molecular flexibility index (Phi) is 5.95. The fourth-order valence-electron chi connectivity index (χ4n) is 3.34. The Morgan fingerprint density at radius 2 is 1.94 bits per heavy atom. The van der Waals surface area contributed by atoms with Gasteiger partial charge in [0.2, 0.25) is 5.91 Å². The van der Waals surface area contributed by atoms with E-state index in [1.54, 1.807) is 34.9 Å². The molecule has 158 valence electrons. The first kappa shape index (κ1) is 20.9. The average Bonchev–Trinajstić information content (AvgIpc) is 3.27. The van der Waals surface area contributed by atoms with Crippen molar-refractivity contribution in [3.8, 4) is 5.69 Å². The topological polar surface area (TPSA) is 68.3 Å². The predicted octanol–water partition coefficient (Wildman–Crippen LogP) is 4.35. The van der Waals surface area contributed by atoms with E-state index in [0.717, 1.165) is 22.6 Å². The molecule has 0 bridgehead atoms. The lowest BCUT2D eigenvalue weighted by molar-refractivity contribution is -0.127. The van der Waals surface area contributed by atoms with Gasteiger partial charge in [-0.05, 0) is 55.3 Å². The molecule has 0 aliphatic rings. The van der Waals surface area contributed by atoms with Crippen LogP contribution in [0.5, 0.6) is 0 Å². The standard InChI is InChI=1S/C24H23N3O3S/c1-16-10-11-17(2)21(13-16)27-23(29)19-8-4-5-9-20(19)25-24(27)31-15-22(28)26(3)14-18-7-6-12-30-18/h4-13H,14-15H2,1-3H3. The summed E-state index contributed by atoms with van der Waals surface area (Å²) >= 11 is 1.26. The van der Waals surface area contributed by atoms with E-state index in [9.17, 15) is 9.59 Å². The van der Waals surface area contributed by atoms with E-state index >= 15 is 0 Å². The molecule has 0 aliphatic carbocycles. The van der Waals surface area contributed by atoms with Crippen LogP contribution in [0.15, 0.2) is 75.2 Å². The van der Waals surface area contributed by atoms with Crippen molar-refractivity contribution in [2.24, 2.45) is 0 Å². The minimum absolute atomic E-state index is 0.0729. The highest BCUT2D eigenvalue weighted by atomic mass is 32.2. The number of hydrogen-bond acceptors (Lipinski definition) is 5. The molecule has 4 aromatic rings. The number of para-hydroxylation sites is 1. The molecule has 0 aliphatic heterocycles. The number of furan rings is 1. The van der Waals surface area contributed by atoms with E-state index in [2.05, 4.69) is 0 Å². The van der Waals surface area contributed by atoms with Gasteiger partial charge in [-0.25, -0.2) is 4.98 Å². The molecule has 2 aromatic carbocycles. The Balaban J connectivity index is 1.70. The lowest BCUT2D eigenvalue weighted by atomic mass is 10.1. The summed E-state index contributed by atoms with van der Waals surface area (Å²) in [6.07, 6.45) is 1.59. The summed E-state index contributed by atoms with van der Waals surface area (Å²) in [5.41, 5.74) is 3.27. The highest BCUT2D eigenvalue weighted by Gasteiger charge is 2.18. The van der Waals surface area contributed by atoms with Gasteiger partial charge in [-0.2, -0.15) is 0 Å². The van der Waals surface area contributed by atoms with Gasteiger partial charge < -0.3 is 9.32 Å². The first-order chi connectivity index (χ1) is 14.9. The van der Waals surface area contributed by atoms with Crippen molar-refractivity contribution in [1.82, 2.24) is 14.5 Å². The number of carbonyl (C=O) groups excluding carboxylic acids is 1. The largest absolute Gasteiger partial charge is 0.467 e. The van der Waals surface area contributed by atoms with E-state index in [-0.39, 0.29) is 17.2 Å². The van der Waals surface area contributed by atoms with E-state index in [0.29, 0.717) is 22.6 Å². The van der Waals surface area contributed by atoms with Gasteiger partial charge in [-0.15, -0.1) is 0 Å². The van der Waals surface area contributed by atoms with Gasteiger partial charge in [0.05, 0.1) is 35.2 Å². The molecule has 0 fully saturated rings. The number of hydrogen-bond donors (Lipinski definition) is 0. The van der Waals surface area contributed by atoms with Gasteiger partial charge in [-0.1, -0.05) is 36.0 Å². The van der Waals surface area contributed by atoms with Gasteiger partial charge in [0.25, 0.3) is 5.56 Å². The van der Waals surface area contributed by atoms with Crippen molar-refractivity contribution in [2.75, 3.05) is 12.8 Å². The van der Waals surface area contributed by atoms with E-state index in [1.165, 1.54) is 11.8 Å². The first-order valence-electron chi connectivity index (χ1n) is 9.92. The number of nitrogens with zero attached hydrogens (tertiary/aromatic N) is 3. The van der Waals surface area contributed by atoms with Crippen LogP contribution in [-0.4, -0.2) is 33.2 Å². The maximum absolute atomic E-state index is 13.4. The van der Waals surface area contributed by atoms with Crippen molar-refractivity contribution in [2.45, 2.75) is 25.5 Å². The van der Waals surface area contributed by atoms with Gasteiger partial charge >= 0.3 is 0 Å². The number of benzene rings is 2. The molecular weight excluding hydrogens is 410 g/mol. The second-order valence-corrected chi connectivity index (χ2v) is 8.40. The number of aromatic nitrogens is 2. The van der Waals surface area contributed by atoms with Crippen LogP contribution in [0.1, 0.15) is 16.9 Å². The van der Waals surface area contributed by atoms with Gasteiger partial charge in [0, 0.05) is 7.05 Å². The van der Waals surface area contributed by atoms with Gasteiger partial charge in [-0.3, -0.25) is 14.2 Å². The third-order valence-electron chi connectivity index (χ3n) is 5.07. The van der Waals surface area contributed by atoms with E-state index < -0.39 is 0 Å². The van der Waals surface area contributed by atoms with Crippen molar-refractivity contribution in [3.63, 3.8) is 0 Å². The van der Waals surface area contributed by atoms with Crippen LogP contribution in [0.4, 0.5) is 0 Å². The van der Waals surface area contributed by atoms with Crippen LogP contribution < -0.4 is 5.56 Å². The fourth-order valence-corrected chi connectivity index (χ4v) is 4.29. The van der Waals surface area contributed by atoms with Crippen LogP contribution in [0.3, 0.4) is 0 Å². The van der Waals surface area contributed by atoms with Crippen molar-refractivity contribution in [1.29, 1.82) is 0 Å². The highest BCUT2D eigenvalue weighted by molar-refractivity contribution is 7.99. The molecule has 0 atom stereocenters. The normalized spacial score (nSPS) is 11.1. The molecule has 4 rings (SSSR count). The second-order valence-electron chi connectivity index (χ2n) is 7.46. The quantitative estimate of drug-likeness (QED) is 0.334. The lowest BCUT2D eigenvalue weighted by Crippen LogP contribution is -2.28. The number of thioether (sulfide) groups is 1. The summed E-state index contributed by atoms with van der Waals surface area (Å²) < 4.78 is 6.94. The Bertz CT molecular complexity index is 1300. The Morgan fingerprint density at radius 1 is 1.13 bits per heavy atom. The van der Waals surface area contributed by atoms with E-state index in [1.807, 2.05) is 56.3 Å². The molecule has 0 N–H and O–H groups in total. The zero-order valence-corrected chi connectivity index (χ0v) is 18.5. The third kappa shape index (κ3) is 4.41. The predicted molar refractivity (Wildman–Crippen MR) is 123 cm³/mol. The number of carbonyl (C=O) groups is 1. The van der Waals surface area contributed by atoms with Crippen LogP contribution >= 0.6 is 11.8 Å². The highest BCUT2D eigenvalue weighted by Crippen LogP contribution is 2.24. The summed E-state index contributed by atoms with van der Waals surface area (Å²) in [6.45, 7) is 4.34. The van der Waals surface area contributed by atoms with Crippen molar-refractivity contribution >= 4 is 28.6 Å². The maximum atomic E-state index is 13.4. The number of fused-ring (bicyclic) bond motifs is 1. The molecule has 2 heterocycles. The molecule has 6 nitrogen and oxygen atoms in total. The molecule has 0 unspecified atom stereocenters. The lowest BCUT2D eigenvalue weighted by Gasteiger charge is -2.18. The first-order valence-corrected chi connectivity index (χ1v) is 10.9. The summed E-state index contributed by atoms with van der Waals surface area (Å²) in [7, 11) is 1.73. The number of amides is 1. The summed E-state index contributed by atoms with van der Waals surface area (Å²) in [4.78, 5) is 32.4. The zero-order valence-electron chi connectivity index (χ0n) is 17.7. The average molecular weight is 434 g/mol. The molecule has 0 spiro atoms. The molecule has 0 radical (unpaired) electrons. The Morgan fingerprint density at radius 3 is 2.71 bits per heavy atom. The summed E-state index contributed by atoms with van der Waals surface area (Å²) in [6, 6.07) is 16.9. The second kappa shape index (κ2) is 8.81. The van der Waals surface area contributed by atoms with Gasteiger partial charge in [0.1, 0.15) is 5.76 Å². The summed E-state index contributed by atoms with van der Waals surface area (Å²) in [5, 5.41) is 1.05. The summed E-state index contributed by atoms with van der Waals surface area (Å²) in [5.74, 6) is 0.806. The van der Waals surface area contributed by atoms with Gasteiger partial charge in [0.15, 0.2) is 5.16 Å². The SMILES string of the molecule is Cc1ccc(C)c(-n2c(SCC(=O)N(C)Cc3ccco3)nc3ccccc3c2=O)c1. The molecule has 0 saturated heterocycles. The van der Waals surface area contributed by atoms with Crippen LogP contribution in [0.25, 0.3) is 16.6 Å².